The second-order valence-corrected chi connectivity index (χ2v) is 6.32. The first-order valence-electron chi connectivity index (χ1n) is 7.58. The molecule has 1 aliphatic rings. The van der Waals surface area contributed by atoms with Gasteiger partial charge in [-0.25, -0.2) is 4.39 Å². The van der Waals surface area contributed by atoms with Crippen molar-refractivity contribution in [1.82, 2.24) is 0 Å². The van der Waals surface area contributed by atoms with Crippen LogP contribution in [0.25, 0.3) is 0 Å². The third kappa shape index (κ3) is 3.64. The number of rotatable bonds is 5. The molecule has 0 amide bonds. The molecular formula is C17H22ClFO2. The zero-order valence-corrected chi connectivity index (χ0v) is 13.4. The van der Waals surface area contributed by atoms with Gasteiger partial charge in [0.15, 0.2) is 5.78 Å². The van der Waals surface area contributed by atoms with Gasteiger partial charge in [0.1, 0.15) is 11.4 Å². The molecule has 0 heterocycles. The molecule has 0 aliphatic heterocycles. The standard InChI is InChI=1S/C17H22ClFO2/c1-3-21-17(9-7-12(2)8-10-17)16(20)11-13-14(18)5-4-6-15(13)19/h4-6,12H,3,7-11H2,1-2H3. The highest BCUT2D eigenvalue weighted by molar-refractivity contribution is 6.31. The molecule has 21 heavy (non-hydrogen) atoms. The minimum atomic E-state index is -0.757. The second kappa shape index (κ2) is 6.89. The molecule has 1 aliphatic carbocycles. The Morgan fingerprint density at radius 1 is 1.43 bits per heavy atom. The Hall–Kier alpha value is -0.930. The van der Waals surface area contributed by atoms with Gasteiger partial charge in [0.25, 0.3) is 0 Å². The van der Waals surface area contributed by atoms with Crippen LogP contribution in [0.2, 0.25) is 5.02 Å². The van der Waals surface area contributed by atoms with E-state index in [1.165, 1.54) is 6.07 Å². The second-order valence-electron chi connectivity index (χ2n) is 5.91. The monoisotopic (exact) mass is 312 g/mol. The molecule has 2 rings (SSSR count). The van der Waals surface area contributed by atoms with Gasteiger partial charge in [-0.05, 0) is 50.7 Å². The Morgan fingerprint density at radius 2 is 2.10 bits per heavy atom. The molecule has 0 unspecified atom stereocenters. The number of ketones is 1. The summed E-state index contributed by atoms with van der Waals surface area (Å²) >= 11 is 6.03. The molecule has 116 valence electrons. The topological polar surface area (TPSA) is 26.3 Å². The van der Waals surface area contributed by atoms with Crippen LogP contribution in [-0.4, -0.2) is 18.0 Å². The number of carbonyl (C=O) groups excluding carboxylic acids is 1. The fourth-order valence-electron chi connectivity index (χ4n) is 3.03. The predicted molar refractivity (Wildman–Crippen MR) is 82.1 cm³/mol. The normalized spacial score (nSPS) is 25.8. The van der Waals surface area contributed by atoms with Crippen LogP contribution in [0.5, 0.6) is 0 Å². The highest BCUT2D eigenvalue weighted by atomic mass is 35.5. The van der Waals surface area contributed by atoms with Gasteiger partial charge < -0.3 is 4.74 Å². The molecule has 2 nitrogen and oxygen atoms in total. The number of ether oxygens (including phenoxy) is 1. The van der Waals surface area contributed by atoms with Crippen LogP contribution in [0.4, 0.5) is 4.39 Å². The van der Waals surface area contributed by atoms with Crippen molar-refractivity contribution in [3.63, 3.8) is 0 Å². The van der Waals surface area contributed by atoms with Gasteiger partial charge in [-0.1, -0.05) is 24.6 Å². The van der Waals surface area contributed by atoms with E-state index in [9.17, 15) is 9.18 Å². The maximum atomic E-state index is 13.9. The smallest absolute Gasteiger partial charge is 0.169 e. The summed E-state index contributed by atoms with van der Waals surface area (Å²) in [4.78, 5) is 12.7. The van der Waals surface area contributed by atoms with E-state index in [1.807, 2.05) is 6.92 Å². The van der Waals surface area contributed by atoms with Crippen LogP contribution >= 0.6 is 11.6 Å². The maximum absolute atomic E-state index is 13.9. The third-order valence-electron chi connectivity index (χ3n) is 4.41. The molecule has 0 aromatic heterocycles. The van der Waals surface area contributed by atoms with Crippen molar-refractivity contribution in [1.29, 1.82) is 0 Å². The van der Waals surface area contributed by atoms with Gasteiger partial charge in [0, 0.05) is 23.6 Å². The fraction of sp³-hybridized carbons (Fsp3) is 0.588. The van der Waals surface area contributed by atoms with Gasteiger partial charge >= 0.3 is 0 Å². The van der Waals surface area contributed by atoms with E-state index in [2.05, 4.69) is 6.92 Å². The lowest BCUT2D eigenvalue weighted by Gasteiger charge is -2.38. The first-order chi connectivity index (χ1) is 9.98. The number of carbonyl (C=O) groups is 1. The Bertz CT molecular complexity index is 487. The summed E-state index contributed by atoms with van der Waals surface area (Å²) in [7, 11) is 0. The Kier molecular flexibility index (Phi) is 5.39. The number of hydrogen-bond acceptors (Lipinski definition) is 2. The van der Waals surface area contributed by atoms with Crippen LogP contribution in [0.1, 0.15) is 45.1 Å². The average Bonchev–Trinajstić information content (AvgIpc) is 2.46. The van der Waals surface area contributed by atoms with E-state index in [4.69, 9.17) is 16.3 Å². The van der Waals surface area contributed by atoms with Crippen LogP contribution in [-0.2, 0) is 16.0 Å². The molecule has 0 bridgehead atoms. The van der Waals surface area contributed by atoms with Crippen molar-refractivity contribution in [2.75, 3.05) is 6.61 Å². The van der Waals surface area contributed by atoms with Gasteiger partial charge in [0.2, 0.25) is 0 Å². The van der Waals surface area contributed by atoms with Crippen LogP contribution in [0, 0.1) is 11.7 Å². The van der Waals surface area contributed by atoms with Crippen molar-refractivity contribution in [3.05, 3.63) is 34.6 Å². The van der Waals surface area contributed by atoms with E-state index >= 15 is 0 Å². The molecule has 1 aromatic rings. The van der Waals surface area contributed by atoms with Gasteiger partial charge in [0.05, 0.1) is 0 Å². The first kappa shape index (κ1) is 16.4. The lowest BCUT2D eigenvalue weighted by molar-refractivity contribution is -0.149. The van der Waals surface area contributed by atoms with Crippen LogP contribution in [0.3, 0.4) is 0 Å². The summed E-state index contributed by atoms with van der Waals surface area (Å²) in [6.45, 7) is 4.57. The fourth-order valence-corrected chi connectivity index (χ4v) is 3.26. The maximum Gasteiger partial charge on any atom is 0.169 e. The molecule has 1 fully saturated rings. The van der Waals surface area contributed by atoms with E-state index in [-0.39, 0.29) is 17.8 Å². The summed E-state index contributed by atoms with van der Waals surface area (Å²) in [5, 5.41) is 0.305. The quantitative estimate of drug-likeness (QED) is 0.795. The van der Waals surface area contributed by atoms with Crippen molar-refractivity contribution in [2.24, 2.45) is 5.92 Å². The minimum absolute atomic E-state index is 0.000111. The SMILES string of the molecule is CCOC1(C(=O)Cc2c(F)cccc2Cl)CCC(C)CC1. The van der Waals surface area contributed by atoms with E-state index < -0.39 is 11.4 Å². The zero-order chi connectivity index (χ0) is 15.5. The molecule has 0 N–H and O–H groups in total. The van der Waals surface area contributed by atoms with Crippen molar-refractivity contribution in [2.45, 2.75) is 51.6 Å². The highest BCUT2D eigenvalue weighted by Crippen LogP contribution is 2.37. The zero-order valence-electron chi connectivity index (χ0n) is 12.6. The van der Waals surface area contributed by atoms with Crippen molar-refractivity contribution < 1.29 is 13.9 Å². The van der Waals surface area contributed by atoms with Crippen LogP contribution in [0.15, 0.2) is 18.2 Å². The summed E-state index contributed by atoms with van der Waals surface area (Å²) in [5.74, 6) is 0.137. The molecular weight excluding hydrogens is 291 g/mol. The molecule has 1 aromatic carbocycles. The number of halogens is 2. The lowest BCUT2D eigenvalue weighted by Crippen LogP contribution is -2.45. The molecule has 1 saturated carbocycles. The summed E-state index contributed by atoms with van der Waals surface area (Å²) in [6, 6.07) is 4.50. The first-order valence-corrected chi connectivity index (χ1v) is 7.96. The molecule has 0 atom stereocenters. The van der Waals surface area contributed by atoms with E-state index in [0.29, 0.717) is 30.4 Å². The molecule has 4 heteroatoms. The molecule has 0 radical (unpaired) electrons. The van der Waals surface area contributed by atoms with E-state index in [1.54, 1.807) is 12.1 Å². The van der Waals surface area contributed by atoms with Gasteiger partial charge in [-0.2, -0.15) is 0 Å². The predicted octanol–water partition coefficient (Wildman–Crippen LogP) is 4.58. The summed E-state index contributed by atoms with van der Waals surface area (Å²) in [6.07, 6.45) is 3.37. The largest absolute Gasteiger partial charge is 0.367 e. The van der Waals surface area contributed by atoms with Gasteiger partial charge in [-0.3, -0.25) is 4.79 Å². The Labute approximate surface area is 130 Å². The number of Topliss-reactive ketones (excluding diaryl/α,β-unsaturated/α-hetero) is 1. The number of hydrogen-bond donors (Lipinski definition) is 0. The van der Waals surface area contributed by atoms with E-state index in [0.717, 1.165) is 12.8 Å². The minimum Gasteiger partial charge on any atom is -0.367 e. The highest BCUT2D eigenvalue weighted by Gasteiger charge is 2.41. The lowest BCUT2D eigenvalue weighted by atomic mass is 9.75. The Balaban J connectivity index is 2.20. The number of benzene rings is 1. The third-order valence-corrected chi connectivity index (χ3v) is 4.76. The van der Waals surface area contributed by atoms with Crippen LogP contribution < -0.4 is 0 Å². The summed E-state index contributed by atoms with van der Waals surface area (Å²) in [5.41, 5.74) is -0.478. The summed E-state index contributed by atoms with van der Waals surface area (Å²) < 4.78 is 19.7. The van der Waals surface area contributed by atoms with Crippen molar-refractivity contribution >= 4 is 17.4 Å². The molecule has 0 spiro atoms. The Morgan fingerprint density at radius 3 is 2.67 bits per heavy atom. The van der Waals surface area contributed by atoms with Gasteiger partial charge in [-0.15, -0.1) is 0 Å². The molecule has 0 saturated heterocycles. The average molecular weight is 313 g/mol. The van der Waals surface area contributed by atoms with Crippen molar-refractivity contribution in [3.8, 4) is 0 Å².